The molecule has 1 aromatic heterocycles. The Balaban J connectivity index is 0.00000176. The number of amides is 1. The van der Waals surface area contributed by atoms with Crippen molar-refractivity contribution in [2.24, 2.45) is 0 Å². The van der Waals surface area contributed by atoms with E-state index in [1.54, 1.807) is 6.20 Å². The van der Waals surface area contributed by atoms with Crippen molar-refractivity contribution in [3.8, 4) is 5.69 Å². The van der Waals surface area contributed by atoms with Crippen LogP contribution in [0.1, 0.15) is 12.0 Å². The quantitative estimate of drug-likeness (QED) is 0.935. The van der Waals surface area contributed by atoms with Crippen LogP contribution in [0, 0.1) is 0 Å². The molecule has 0 radical (unpaired) electrons. The summed E-state index contributed by atoms with van der Waals surface area (Å²) in [4.78, 5) is 14.3. The van der Waals surface area contributed by atoms with Gasteiger partial charge >= 0.3 is 0 Å². The van der Waals surface area contributed by atoms with Gasteiger partial charge in [-0.2, -0.15) is 5.10 Å². The van der Waals surface area contributed by atoms with Crippen LogP contribution in [0.2, 0.25) is 0 Å². The third-order valence-corrected chi connectivity index (χ3v) is 3.70. The second kappa shape index (κ2) is 7.96. The first-order valence-corrected chi connectivity index (χ1v) is 7.40. The van der Waals surface area contributed by atoms with Crippen LogP contribution in [0.3, 0.4) is 0 Å². The zero-order chi connectivity index (χ0) is 14.5. The average Bonchev–Trinajstić information content (AvgIpc) is 2.81. The third kappa shape index (κ3) is 4.08. The van der Waals surface area contributed by atoms with E-state index in [4.69, 9.17) is 0 Å². The number of benzene rings is 1. The van der Waals surface area contributed by atoms with Gasteiger partial charge in [-0.1, -0.05) is 18.2 Å². The number of aromatic nitrogens is 2. The first-order valence-electron chi connectivity index (χ1n) is 7.40. The van der Waals surface area contributed by atoms with Gasteiger partial charge in [0.15, 0.2) is 0 Å². The van der Waals surface area contributed by atoms with Crippen molar-refractivity contribution < 1.29 is 4.79 Å². The monoisotopic (exact) mass is 320 g/mol. The maximum Gasteiger partial charge on any atom is 0.227 e. The lowest BCUT2D eigenvalue weighted by Gasteiger charge is -2.19. The number of carbonyl (C=O) groups excluding carboxylic acids is 1. The molecule has 0 unspecified atom stereocenters. The van der Waals surface area contributed by atoms with Crippen LogP contribution in [0.5, 0.6) is 0 Å². The summed E-state index contributed by atoms with van der Waals surface area (Å²) in [7, 11) is 0. The van der Waals surface area contributed by atoms with E-state index >= 15 is 0 Å². The van der Waals surface area contributed by atoms with Gasteiger partial charge in [0.1, 0.15) is 0 Å². The number of hydrogen-bond acceptors (Lipinski definition) is 3. The summed E-state index contributed by atoms with van der Waals surface area (Å²) in [6.45, 7) is 3.52. The molecule has 0 bridgehead atoms. The minimum atomic E-state index is 0. The molecular formula is C16H21ClN4O. The first kappa shape index (κ1) is 16.5. The van der Waals surface area contributed by atoms with Crippen LogP contribution < -0.4 is 5.32 Å². The number of carbonyl (C=O) groups is 1. The summed E-state index contributed by atoms with van der Waals surface area (Å²) in [6.07, 6.45) is 5.16. The van der Waals surface area contributed by atoms with Gasteiger partial charge in [-0.25, -0.2) is 4.68 Å². The highest BCUT2D eigenvalue weighted by atomic mass is 35.5. The Kier molecular flexibility index (Phi) is 5.98. The Morgan fingerprint density at radius 2 is 2.00 bits per heavy atom. The van der Waals surface area contributed by atoms with Gasteiger partial charge in [0, 0.05) is 25.8 Å². The molecule has 3 rings (SSSR count). The van der Waals surface area contributed by atoms with Gasteiger partial charge in [-0.15, -0.1) is 12.4 Å². The highest BCUT2D eigenvalue weighted by molar-refractivity contribution is 5.85. The number of halogens is 1. The lowest BCUT2D eigenvalue weighted by atomic mass is 10.2. The molecule has 6 heteroatoms. The molecule has 2 heterocycles. The molecule has 1 fully saturated rings. The summed E-state index contributed by atoms with van der Waals surface area (Å²) >= 11 is 0. The summed E-state index contributed by atoms with van der Waals surface area (Å²) in [5.41, 5.74) is 1.97. The summed E-state index contributed by atoms with van der Waals surface area (Å²) in [5.74, 6) is 0.186. The summed E-state index contributed by atoms with van der Waals surface area (Å²) in [6, 6.07) is 9.93. The Hall–Kier alpha value is -1.85. The Bertz CT molecular complexity index is 591. The third-order valence-electron chi connectivity index (χ3n) is 3.70. The van der Waals surface area contributed by atoms with Crippen molar-refractivity contribution in [2.45, 2.75) is 12.8 Å². The maximum atomic E-state index is 12.3. The van der Waals surface area contributed by atoms with E-state index in [9.17, 15) is 4.79 Å². The molecule has 1 aliphatic rings. The molecular weight excluding hydrogens is 300 g/mol. The van der Waals surface area contributed by atoms with E-state index in [0.29, 0.717) is 6.42 Å². The number of nitrogens with one attached hydrogen (secondary N) is 1. The van der Waals surface area contributed by atoms with Gasteiger partial charge in [0.2, 0.25) is 5.91 Å². The number of nitrogens with zero attached hydrogens (tertiary/aromatic N) is 3. The van der Waals surface area contributed by atoms with Crippen molar-refractivity contribution in [2.75, 3.05) is 26.2 Å². The molecule has 1 amide bonds. The minimum Gasteiger partial charge on any atom is -0.341 e. The van der Waals surface area contributed by atoms with Crippen LogP contribution in [-0.2, 0) is 11.2 Å². The zero-order valence-electron chi connectivity index (χ0n) is 12.4. The Labute approximate surface area is 136 Å². The van der Waals surface area contributed by atoms with Crippen molar-refractivity contribution in [1.29, 1.82) is 0 Å². The van der Waals surface area contributed by atoms with Crippen LogP contribution in [0.4, 0.5) is 0 Å². The maximum absolute atomic E-state index is 12.3. The molecule has 22 heavy (non-hydrogen) atoms. The van der Waals surface area contributed by atoms with Gasteiger partial charge in [0.25, 0.3) is 0 Å². The van der Waals surface area contributed by atoms with Gasteiger partial charge in [-0.3, -0.25) is 4.79 Å². The molecule has 1 N–H and O–H groups in total. The van der Waals surface area contributed by atoms with E-state index in [1.165, 1.54) is 0 Å². The fraction of sp³-hybridized carbons (Fsp3) is 0.375. The van der Waals surface area contributed by atoms with E-state index in [1.807, 2.05) is 46.1 Å². The summed E-state index contributed by atoms with van der Waals surface area (Å²) < 4.78 is 1.81. The smallest absolute Gasteiger partial charge is 0.227 e. The molecule has 0 aliphatic carbocycles. The topological polar surface area (TPSA) is 50.2 Å². The van der Waals surface area contributed by atoms with Gasteiger partial charge in [0.05, 0.1) is 18.3 Å². The van der Waals surface area contributed by atoms with Crippen LogP contribution in [-0.4, -0.2) is 46.8 Å². The normalized spacial score (nSPS) is 15.0. The van der Waals surface area contributed by atoms with Crippen molar-refractivity contribution in [3.05, 3.63) is 48.3 Å². The van der Waals surface area contributed by atoms with Crippen LogP contribution >= 0.6 is 12.4 Å². The molecule has 5 nitrogen and oxygen atoms in total. The Morgan fingerprint density at radius 3 is 2.82 bits per heavy atom. The summed E-state index contributed by atoms with van der Waals surface area (Å²) in [5, 5.41) is 7.65. The standard InChI is InChI=1S/C16H20N4O.ClH/c21-16(19-9-4-7-17-8-10-19)11-14-12-18-20(13-14)15-5-2-1-3-6-15;/h1-3,5-6,12-13,17H,4,7-11H2;1H. The number of rotatable bonds is 3. The number of hydrogen-bond donors (Lipinski definition) is 1. The lowest BCUT2D eigenvalue weighted by Crippen LogP contribution is -2.35. The van der Waals surface area contributed by atoms with E-state index in [0.717, 1.165) is 43.9 Å². The highest BCUT2D eigenvalue weighted by Crippen LogP contribution is 2.09. The largest absolute Gasteiger partial charge is 0.341 e. The molecule has 0 atom stereocenters. The average molecular weight is 321 g/mol. The molecule has 1 saturated heterocycles. The predicted octanol–water partition coefficient (Wildman–Crippen LogP) is 1.66. The first-order chi connectivity index (χ1) is 10.3. The fourth-order valence-corrected chi connectivity index (χ4v) is 2.55. The molecule has 0 spiro atoms. The van der Waals surface area contributed by atoms with E-state index in [2.05, 4.69) is 10.4 Å². The van der Waals surface area contributed by atoms with Crippen molar-refractivity contribution >= 4 is 18.3 Å². The zero-order valence-corrected chi connectivity index (χ0v) is 13.3. The number of para-hydroxylation sites is 1. The molecule has 2 aromatic rings. The van der Waals surface area contributed by atoms with Crippen molar-refractivity contribution in [1.82, 2.24) is 20.0 Å². The molecule has 118 valence electrons. The van der Waals surface area contributed by atoms with Crippen LogP contribution in [0.15, 0.2) is 42.7 Å². The molecule has 1 aliphatic heterocycles. The van der Waals surface area contributed by atoms with Crippen molar-refractivity contribution in [3.63, 3.8) is 0 Å². The lowest BCUT2D eigenvalue weighted by molar-refractivity contribution is -0.130. The van der Waals surface area contributed by atoms with Crippen LogP contribution in [0.25, 0.3) is 5.69 Å². The van der Waals surface area contributed by atoms with Gasteiger partial charge < -0.3 is 10.2 Å². The SMILES string of the molecule is Cl.O=C(Cc1cnn(-c2ccccc2)c1)N1CCCNCC1. The predicted molar refractivity (Wildman–Crippen MR) is 88.6 cm³/mol. The minimum absolute atomic E-state index is 0. The second-order valence-electron chi connectivity index (χ2n) is 5.29. The van der Waals surface area contributed by atoms with E-state index < -0.39 is 0 Å². The van der Waals surface area contributed by atoms with Gasteiger partial charge in [-0.05, 0) is 30.7 Å². The van der Waals surface area contributed by atoms with E-state index in [-0.39, 0.29) is 18.3 Å². The molecule has 0 saturated carbocycles. The second-order valence-corrected chi connectivity index (χ2v) is 5.29. The highest BCUT2D eigenvalue weighted by Gasteiger charge is 2.16. The fourth-order valence-electron chi connectivity index (χ4n) is 2.55. The molecule has 1 aromatic carbocycles. The Morgan fingerprint density at radius 1 is 1.18 bits per heavy atom.